The molecule has 1 aliphatic rings. The fraction of sp³-hybridized carbons (Fsp3) is 1.00. The van der Waals surface area contributed by atoms with Crippen LogP contribution >= 0.6 is 0 Å². The predicted octanol–water partition coefficient (Wildman–Crippen LogP) is 3.38. The van der Waals surface area contributed by atoms with Gasteiger partial charge < -0.3 is 9.84 Å². The average Bonchev–Trinajstić information content (AvgIpc) is 2.35. The van der Waals surface area contributed by atoms with Crippen LogP contribution in [-0.4, -0.2) is 24.4 Å². The molecule has 0 aromatic carbocycles. The van der Waals surface area contributed by atoms with Crippen LogP contribution in [0, 0.1) is 11.8 Å². The van der Waals surface area contributed by atoms with Gasteiger partial charge in [0.2, 0.25) is 0 Å². The monoisotopic (exact) mass is 228 g/mol. The summed E-state index contributed by atoms with van der Waals surface area (Å²) in [5, 5.41) is 10.4. The topological polar surface area (TPSA) is 29.5 Å². The summed E-state index contributed by atoms with van der Waals surface area (Å²) in [6, 6.07) is 0. The first-order valence-electron chi connectivity index (χ1n) is 6.93. The van der Waals surface area contributed by atoms with Crippen molar-refractivity contribution < 1.29 is 9.84 Å². The van der Waals surface area contributed by atoms with Gasteiger partial charge in [-0.05, 0) is 31.1 Å². The first-order chi connectivity index (χ1) is 7.72. The third-order valence-corrected chi connectivity index (χ3v) is 4.14. The lowest BCUT2D eigenvalue weighted by atomic mass is 9.76. The molecule has 0 aromatic heterocycles. The Labute approximate surface area is 100 Å². The fourth-order valence-corrected chi connectivity index (χ4v) is 3.03. The Morgan fingerprint density at radius 1 is 1.31 bits per heavy atom. The Morgan fingerprint density at radius 2 is 2.06 bits per heavy atom. The standard InChI is InChI=1S/C14H28O2/c1-4-7-13(16-3)14(15)12-9-6-8-11(5-2)10-12/h11-15H,4-10H2,1-3H3. The summed E-state index contributed by atoms with van der Waals surface area (Å²) in [5.41, 5.74) is 0. The van der Waals surface area contributed by atoms with Gasteiger partial charge in [0, 0.05) is 7.11 Å². The summed E-state index contributed by atoms with van der Waals surface area (Å²) in [7, 11) is 1.73. The minimum Gasteiger partial charge on any atom is -0.390 e. The first-order valence-corrected chi connectivity index (χ1v) is 6.93. The highest BCUT2D eigenvalue weighted by Crippen LogP contribution is 2.34. The fourth-order valence-electron chi connectivity index (χ4n) is 3.03. The van der Waals surface area contributed by atoms with Gasteiger partial charge in [-0.3, -0.25) is 0 Å². The molecule has 0 radical (unpaired) electrons. The molecule has 0 aliphatic heterocycles. The van der Waals surface area contributed by atoms with Crippen molar-refractivity contribution in [3.8, 4) is 0 Å². The minimum absolute atomic E-state index is 0.0469. The van der Waals surface area contributed by atoms with Gasteiger partial charge >= 0.3 is 0 Å². The Balaban J connectivity index is 2.47. The summed E-state index contributed by atoms with van der Waals surface area (Å²) in [6.45, 7) is 4.41. The third kappa shape index (κ3) is 3.74. The normalized spacial score (nSPS) is 30.0. The van der Waals surface area contributed by atoms with E-state index in [2.05, 4.69) is 13.8 Å². The highest BCUT2D eigenvalue weighted by atomic mass is 16.5. The van der Waals surface area contributed by atoms with Crippen molar-refractivity contribution in [1.82, 2.24) is 0 Å². The van der Waals surface area contributed by atoms with E-state index < -0.39 is 0 Å². The van der Waals surface area contributed by atoms with E-state index in [1.807, 2.05) is 0 Å². The van der Waals surface area contributed by atoms with Gasteiger partial charge in [-0.2, -0.15) is 0 Å². The predicted molar refractivity (Wildman–Crippen MR) is 67.5 cm³/mol. The molecule has 0 heterocycles. The molecule has 1 rings (SSSR count). The quantitative estimate of drug-likeness (QED) is 0.755. The molecule has 1 saturated carbocycles. The van der Waals surface area contributed by atoms with Crippen LogP contribution in [0.4, 0.5) is 0 Å². The number of rotatable bonds is 6. The molecule has 1 N–H and O–H groups in total. The Bertz CT molecular complexity index is 182. The Kier molecular flexibility index (Phi) is 6.37. The molecule has 0 spiro atoms. The largest absolute Gasteiger partial charge is 0.390 e. The van der Waals surface area contributed by atoms with E-state index in [9.17, 15) is 5.11 Å². The second-order valence-corrected chi connectivity index (χ2v) is 5.25. The van der Waals surface area contributed by atoms with Crippen LogP contribution in [-0.2, 0) is 4.74 Å². The molecule has 2 heteroatoms. The van der Waals surface area contributed by atoms with Crippen molar-refractivity contribution in [3.63, 3.8) is 0 Å². The van der Waals surface area contributed by atoms with Gasteiger partial charge in [0.05, 0.1) is 12.2 Å². The van der Waals surface area contributed by atoms with Crippen molar-refractivity contribution in [2.45, 2.75) is 71.0 Å². The smallest absolute Gasteiger partial charge is 0.0832 e. The molecule has 0 saturated heterocycles. The van der Waals surface area contributed by atoms with Crippen LogP contribution in [0.25, 0.3) is 0 Å². The van der Waals surface area contributed by atoms with Crippen LogP contribution in [0.15, 0.2) is 0 Å². The zero-order valence-electron chi connectivity index (χ0n) is 11.1. The third-order valence-electron chi connectivity index (χ3n) is 4.14. The van der Waals surface area contributed by atoms with E-state index >= 15 is 0 Å². The van der Waals surface area contributed by atoms with Gasteiger partial charge in [0.15, 0.2) is 0 Å². The molecular weight excluding hydrogens is 200 g/mol. The molecule has 0 aromatic rings. The molecule has 1 aliphatic carbocycles. The van der Waals surface area contributed by atoms with Crippen molar-refractivity contribution in [2.24, 2.45) is 11.8 Å². The van der Waals surface area contributed by atoms with Crippen LogP contribution in [0.5, 0.6) is 0 Å². The highest BCUT2D eigenvalue weighted by molar-refractivity contribution is 4.82. The van der Waals surface area contributed by atoms with Gasteiger partial charge in [0.25, 0.3) is 0 Å². The number of hydrogen-bond acceptors (Lipinski definition) is 2. The zero-order valence-corrected chi connectivity index (χ0v) is 11.1. The lowest BCUT2D eigenvalue weighted by Gasteiger charge is -2.35. The number of methoxy groups -OCH3 is 1. The van der Waals surface area contributed by atoms with Crippen LogP contribution < -0.4 is 0 Å². The second-order valence-electron chi connectivity index (χ2n) is 5.25. The molecule has 1 fully saturated rings. The second kappa shape index (κ2) is 7.29. The Morgan fingerprint density at radius 3 is 2.62 bits per heavy atom. The summed E-state index contributed by atoms with van der Waals surface area (Å²) >= 11 is 0. The lowest BCUT2D eigenvalue weighted by molar-refractivity contribution is -0.0577. The zero-order chi connectivity index (χ0) is 12.0. The van der Waals surface area contributed by atoms with Gasteiger partial charge in [-0.15, -0.1) is 0 Å². The van der Waals surface area contributed by atoms with Crippen molar-refractivity contribution in [1.29, 1.82) is 0 Å². The van der Waals surface area contributed by atoms with Crippen molar-refractivity contribution >= 4 is 0 Å². The molecule has 96 valence electrons. The molecule has 16 heavy (non-hydrogen) atoms. The van der Waals surface area contributed by atoms with E-state index in [0.29, 0.717) is 5.92 Å². The van der Waals surface area contributed by atoms with Gasteiger partial charge in [0.1, 0.15) is 0 Å². The molecule has 2 nitrogen and oxygen atoms in total. The molecular formula is C14H28O2. The molecule has 4 atom stereocenters. The van der Waals surface area contributed by atoms with Gasteiger partial charge in [-0.25, -0.2) is 0 Å². The minimum atomic E-state index is -0.251. The maximum Gasteiger partial charge on any atom is 0.0832 e. The van der Waals surface area contributed by atoms with E-state index in [0.717, 1.165) is 18.8 Å². The van der Waals surface area contributed by atoms with E-state index in [4.69, 9.17) is 4.74 Å². The highest BCUT2D eigenvalue weighted by Gasteiger charge is 2.31. The van der Waals surface area contributed by atoms with Crippen LogP contribution in [0.1, 0.15) is 58.8 Å². The summed E-state index contributed by atoms with van der Waals surface area (Å²) in [5.74, 6) is 1.29. The van der Waals surface area contributed by atoms with Crippen molar-refractivity contribution in [3.05, 3.63) is 0 Å². The number of ether oxygens (including phenoxy) is 1. The molecule has 0 amide bonds. The van der Waals surface area contributed by atoms with E-state index in [1.54, 1.807) is 7.11 Å². The van der Waals surface area contributed by atoms with Gasteiger partial charge in [-0.1, -0.05) is 39.5 Å². The summed E-state index contributed by atoms with van der Waals surface area (Å²) in [6.07, 6.45) is 8.13. The summed E-state index contributed by atoms with van der Waals surface area (Å²) < 4.78 is 5.42. The van der Waals surface area contributed by atoms with Crippen molar-refractivity contribution in [2.75, 3.05) is 7.11 Å². The maximum absolute atomic E-state index is 10.4. The van der Waals surface area contributed by atoms with Crippen LogP contribution in [0.3, 0.4) is 0 Å². The summed E-state index contributed by atoms with van der Waals surface area (Å²) in [4.78, 5) is 0. The number of aliphatic hydroxyl groups excluding tert-OH is 1. The lowest BCUT2D eigenvalue weighted by Crippen LogP contribution is -2.37. The molecule has 4 unspecified atom stereocenters. The molecule has 0 bridgehead atoms. The SMILES string of the molecule is CCCC(OC)C(O)C1CCCC(CC)C1. The average molecular weight is 228 g/mol. The maximum atomic E-state index is 10.4. The number of aliphatic hydroxyl groups is 1. The first kappa shape index (κ1) is 14.0. The van der Waals surface area contributed by atoms with E-state index in [1.165, 1.54) is 32.1 Å². The van der Waals surface area contributed by atoms with Crippen LogP contribution in [0.2, 0.25) is 0 Å². The number of hydrogen-bond donors (Lipinski definition) is 1. The Hall–Kier alpha value is -0.0800. The van der Waals surface area contributed by atoms with E-state index in [-0.39, 0.29) is 12.2 Å².